The predicted molar refractivity (Wildman–Crippen MR) is 73.1 cm³/mol. The van der Waals surface area contributed by atoms with E-state index in [1.807, 2.05) is 0 Å². The van der Waals surface area contributed by atoms with E-state index >= 15 is 0 Å². The van der Waals surface area contributed by atoms with E-state index in [0.29, 0.717) is 5.82 Å². The molecule has 0 bridgehead atoms. The molecule has 0 spiro atoms. The average molecular weight is 271 g/mol. The lowest BCUT2D eigenvalue weighted by atomic mass is 10.1. The van der Waals surface area contributed by atoms with Gasteiger partial charge in [0.2, 0.25) is 10.0 Å². The van der Waals surface area contributed by atoms with Crippen LogP contribution in [0.3, 0.4) is 0 Å². The predicted octanol–water partition coefficient (Wildman–Crippen LogP) is 1.98. The van der Waals surface area contributed by atoms with Crippen molar-refractivity contribution in [2.45, 2.75) is 44.6 Å². The van der Waals surface area contributed by atoms with Gasteiger partial charge in [0.15, 0.2) is 0 Å². The van der Waals surface area contributed by atoms with Gasteiger partial charge in [0.25, 0.3) is 0 Å². The van der Waals surface area contributed by atoms with Crippen LogP contribution >= 0.6 is 0 Å². The number of nitrogens with one attached hydrogen (secondary N) is 2. The van der Waals surface area contributed by atoms with E-state index < -0.39 is 15.6 Å². The van der Waals surface area contributed by atoms with Gasteiger partial charge in [-0.3, -0.25) is 0 Å². The smallest absolute Gasteiger partial charge is 0.242 e. The van der Waals surface area contributed by atoms with Gasteiger partial charge in [-0.2, -0.15) is 0 Å². The van der Waals surface area contributed by atoms with E-state index in [9.17, 15) is 8.42 Å². The normalized spacial score (nSPS) is 12.4. The lowest BCUT2D eigenvalue weighted by molar-refractivity contribution is 0.491. The Balaban J connectivity index is 2.84. The van der Waals surface area contributed by atoms with Crippen LogP contribution in [0.4, 0.5) is 5.82 Å². The first-order valence-electron chi connectivity index (χ1n) is 5.98. The molecule has 0 saturated carbocycles. The zero-order valence-corrected chi connectivity index (χ0v) is 12.1. The summed E-state index contributed by atoms with van der Waals surface area (Å²) in [7, 11) is -3.50. The van der Waals surface area contributed by atoms with E-state index in [4.69, 9.17) is 0 Å². The number of anilines is 1. The van der Waals surface area contributed by atoms with E-state index in [1.165, 1.54) is 6.20 Å². The molecule has 1 rings (SSSR count). The van der Waals surface area contributed by atoms with Crippen molar-refractivity contribution in [1.29, 1.82) is 0 Å². The maximum Gasteiger partial charge on any atom is 0.242 e. The average Bonchev–Trinajstić information content (AvgIpc) is 2.23. The van der Waals surface area contributed by atoms with Crippen molar-refractivity contribution in [3.8, 4) is 0 Å². The van der Waals surface area contributed by atoms with Crippen LogP contribution in [0.2, 0.25) is 0 Å². The molecular weight excluding hydrogens is 250 g/mol. The summed E-state index contributed by atoms with van der Waals surface area (Å²) in [5.74, 6) is 0.687. The summed E-state index contributed by atoms with van der Waals surface area (Å²) in [4.78, 5) is 4.26. The summed E-state index contributed by atoms with van der Waals surface area (Å²) in [6.45, 7) is 8.28. The molecule has 5 nitrogen and oxygen atoms in total. The second kappa shape index (κ2) is 5.67. The Morgan fingerprint density at radius 2 is 1.94 bits per heavy atom. The molecular formula is C12H21N3O2S. The van der Waals surface area contributed by atoms with Crippen LogP contribution in [-0.4, -0.2) is 25.5 Å². The van der Waals surface area contributed by atoms with Crippen LogP contribution in [0.1, 0.15) is 34.1 Å². The zero-order valence-electron chi connectivity index (χ0n) is 11.3. The van der Waals surface area contributed by atoms with Gasteiger partial charge < -0.3 is 5.32 Å². The van der Waals surface area contributed by atoms with Crippen molar-refractivity contribution >= 4 is 15.8 Å². The molecule has 102 valence electrons. The second-order valence-corrected chi connectivity index (χ2v) is 6.84. The Labute approximate surface area is 109 Å². The van der Waals surface area contributed by atoms with Crippen molar-refractivity contribution in [3.05, 3.63) is 18.3 Å². The SMILES string of the molecule is CCCNc1ccc(S(=O)(=O)NC(C)(C)C)cn1. The number of rotatable bonds is 5. The third kappa shape index (κ3) is 4.62. The minimum Gasteiger partial charge on any atom is -0.370 e. The van der Waals surface area contributed by atoms with Gasteiger partial charge in [-0.05, 0) is 39.3 Å². The van der Waals surface area contributed by atoms with E-state index in [-0.39, 0.29) is 4.90 Å². The standard InChI is InChI=1S/C12H21N3O2S/c1-5-8-13-11-7-6-10(9-14-11)18(16,17)15-12(2,3)4/h6-7,9,15H,5,8H2,1-4H3,(H,13,14). The Hall–Kier alpha value is -1.14. The van der Waals surface area contributed by atoms with Crippen LogP contribution in [0.15, 0.2) is 23.2 Å². The van der Waals surface area contributed by atoms with E-state index in [1.54, 1.807) is 32.9 Å². The van der Waals surface area contributed by atoms with Crippen LogP contribution in [0.5, 0.6) is 0 Å². The van der Waals surface area contributed by atoms with Crippen molar-refractivity contribution < 1.29 is 8.42 Å². The maximum absolute atomic E-state index is 12.0. The van der Waals surface area contributed by atoms with E-state index in [0.717, 1.165) is 13.0 Å². The van der Waals surface area contributed by atoms with Crippen LogP contribution < -0.4 is 10.0 Å². The molecule has 0 aliphatic rings. The minimum absolute atomic E-state index is 0.180. The zero-order chi connectivity index (χ0) is 13.8. The molecule has 2 N–H and O–H groups in total. The molecule has 0 aliphatic carbocycles. The summed E-state index contributed by atoms with van der Waals surface area (Å²) in [5, 5.41) is 3.09. The van der Waals surface area contributed by atoms with Gasteiger partial charge in [0, 0.05) is 18.3 Å². The summed E-state index contributed by atoms with van der Waals surface area (Å²) in [5.41, 5.74) is -0.502. The van der Waals surface area contributed by atoms with Gasteiger partial charge in [0.05, 0.1) is 0 Å². The molecule has 0 atom stereocenters. The molecule has 1 aromatic heterocycles. The summed E-state index contributed by atoms with van der Waals surface area (Å²) >= 11 is 0. The number of aromatic nitrogens is 1. The van der Waals surface area contributed by atoms with Gasteiger partial charge in [-0.25, -0.2) is 18.1 Å². The molecule has 0 fully saturated rings. The monoisotopic (exact) mass is 271 g/mol. The Morgan fingerprint density at radius 1 is 1.28 bits per heavy atom. The van der Waals surface area contributed by atoms with Gasteiger partial charge >= 0.3 is 0 Å². The number of hydrogen-bond donors (Lipinski definition) is 2. The Morgan fingerprint density at radius 3 is 2.39 bits per heavy atom. The first-order valence-corrected chi connectivity index (χ1v) is 7.47. The molecule has 0 unspecified atom stereocenters. The van der Waals surface area contributed by atoms with Crippen molar-refractivity contribution in [3.63, 3.8) is 0 Å². The topological polar surface area (TPSA) is 71.1 Å². The highest BCUT2D eigenvalue weighted by molar-refractivity contribution is 7.89. The maximum atomic E-state index is 12.0. The Kier molecular flexibility index (Phi) is 4.70. The van der Waals surface area contributed by atoms with Crippen molar-refractivity contribution in [2.24, 2.45) is 0 Å². The fourth-order valence-corrected chi connectivity index (χ4v) is 2.72. The molecule has 1 aromatic rings. The highest BCUT2D eigenvalue weighted by Gasteiger charge is 2.22. The number of hydrogen-bond acceptors (Lipinski definition) is 4. The third-order valence-electron chi connectivity index (χ3n) is 2.04. The largest absolute Gasteiger partial charge is 0.370 e. The highest BCUT2D eigenvalue weighted by Crippen LogP contribution is 2.13. The summed E-state index contributed by atoms with van der Waals surface area (Å²) < 4.78 is 26.6. The molecule has 0 radical (unpaired) electrons. The lowest BCUT2D eigenvalue weighted by Crippen LogP contribution is -2.40. The number of pyridine rings is 1. The van der Waals surface area contributed by atoms with Gasteiger partial charge in [0.1, 0.15) is 10.7 Å². The Bertz CT molecular complexity index is 475. The first kappa shape index (κ1) is 14.9. The molecule has 0 saturated heterocycles. The molecule has 6 heteroatoms. The highest BCUT2D eigenvalue weighted by atomic mass is 32.2. The summed E-state index contributed by atoms with van der Waals surface area (Å²) in [6.07, 6.45) is 2.36. The van der Waals surface area contributed by atoms with Gasteiger partial charge in [-0.1, -0.05) is 6.92 Å². The third-order valence-corrected chi connectivity index (χ3v) is 3.79. The van der Waals surface area contributed by atoms with Gasteiger partial charge in [-0.15, -0.1) is 0 Å². The number of sulfonamides is 1. The molecule has 0 amide bonds. The van der Waals surface area contributed by atoms with Crippen molar-refractivity contribution in [1.82, 2.24) is 9.71 Å². The minimum atomic E-state index is -3.50. The fourth-order valence-electron chi connectivity index (χ4n) is 1.36. The van der Waals surface area contributed by atoms with E-state index in [2.05, 4.69) is 21.9 Å². The fraction of sp³-hybridized carbons (Fsp3) is 0.583. The van der Waals surface area contributed by atoms with Crippen LogP contribution in [-0.2, 0) is 10.0 Å². The number of nitrogens with zero attached hydrogens (tertiary/aromatic N) is 1. The molecule has 1 heterocycles. The molecule has 0 aliphatic heterocycles. The quantitative estimate of drug-likeness (QED) is 0.859. The second-order valence-electron chi connectivity index (χ2n) is 5.16. The molecule has 18 heavy (non-hydrogen) atoms. The summed E-state index contributed by atoms with van der Waals surface area (Å²) in [6, 6.07) is 3.23. The molecule has 0 aromatic carbocycles. The van der Waals surface area contributed by atoms with Crippen molar-refractivity contribution in [2.75, 3.05) is 11.9 Å². The lowest BCUT2D eigenvalue weighted by Gasteiger charge is -2.20. The van der Waals surface area contributed by atoms with Crippen LogP contribution in [0, 0.1) is 0 Å². The van der Waals surface area contributed by atoms with Crippen LogP contribution in [0.25, 0.3) is 0 Å². The first-order chi connectivity index (χ1) is 8.24.